The minimum Gasteiger partial charge on any atom is -0.460 e. The van der Waals surface area contributed by atoms with E-state index in [4.69, 9.17) is 4.42 Å². The highest BCUT2D eigenvalue weighted by molar-refractivity contribution is 5.77. The van der Waals surface area contributed by atoms with Crippen LogP contribution in [0, 0.1) is 11.8 Å². The number of nitrogens with one attached hydrogen (secondary N) is 1. The highest BCUT2D eigenvalue weighted by Gasteiger charge is 2.24. The van der Waals surface area contributed by atoms with Crippen molar-refractivity contribution < 1.29 is 4.42 Å². The van der Waals surface area contributed by atoms with Gasteiger partial charge in [-0.15, -0.1) is 0 Å². The number of para-hydroxylation sites is 1. The third-order valence-corrected chi connectivity index (χ3v) is 4.45. The molecule has 3 atom stereocenters. The molecule has 0 bridgehead atoms. The molecule has 3 rings (SSSR count). The van der Waals surface area contributed by atoms with Gasteiger partial charge in [0.2, 0.25) is 0 Å². The van der Waals surface area contributed by atoms with Crippen LogP contribution in [0.4, 0.5) is 0 Å². The first-order valence-corrected chi connectivity index (χ1v) is 7.43. The summed E-state index contributed by atoms with van der Waals surface area (Å²) in [6, 6.07) is 11.0. The number of furan rings is 1. The first-order valence-electron chi connectivity index (χ1n) is 7.43. The summed E-state index contributed by atoms with van der Waals surface area (Å²) in [6.07, 6.45) is 3.99. The average Bonchev–Trinajstić information content (AvgIpc) is 2.80. The Kier molecular flexibility index (Phi) is 3.61. The molecule has 0 radical (unpaired) electrons. The Labute approximate surface area is 115 Å². The zero-order valence-corrected chi connectivity index (χ0v) is 11.9. The fourth-order valence-electron chi connectivity index (χ4n) is 3.32. The highest BCUT2D eigenvalue weighted by atomic mass is 16.3. The molecule has 0 aliphatic heterocycles. The standard InChI is InChI=1S/C17H23NO/c1-12-7-8-16(13(2)9-12)18-11-15-10-14-5-3-4-6-17(14)19-15/h3-6,10,12-13,16,18H,7-9,11H2,1-2H3. The van der Waals surface area contributed by atoms with Gasteiger partial charge in [0.25, 0.3) is 0 Å². The molecule has 19 heavy (non-hydrogen) atoms. The lowest BCUT2D eigenvalue weighted by molar-refractivity contribution is 0.224. The van der Waals surface area contributed by atoms with Crippen LogP contribution in [0.2, 0.25) is 0 Å². The van der Waals surface area contributed by atoms with Gasteiger partial charge in [0.05, 0.1) is 6.54 Å². The number of benzene rings is 1. The minimum absolute atomic E-state index is 0.643. The van der Waals surface area contributed by atoms with Crippen LogP contribution in [0.1, 0.15) is 38.9 Å². The van der Waals surface area contributed by atoms with Crippen molar-refractivity contribution in [1.82, 2.24) is 5.32 Å². The fourth-order valence-corrected chi connectivity index (χ4v) is 3.32. The number of hydrogen-bond acceptors (Lipinski definition) is 2. The Morgan fingerprint density at radius 3 is 2.84 bits per heavy atom. The van der Waals surface area contributed by atoms with Crippen LogP contribution in [0.15, 0.2) is 34.7 Å². The van der Waals surface area contributed by atoms with E-state index in [1.165, 1.54) is 24.6 Å². The summed E-state index contributed by atoms with van der Waals surface area (Å²) in [5.41, 5.74) is 0.990. The summed E-state index contributed by atoms with van der Waals surface area (Å²) in [4.78, 5) is 0. The van der Waals surface area contributed by atoms with Crippen molar-refractivity contribution >= 4 is 11.0 Å². The molecule has 1 aliphatic carbocycles. The Bertz CT molecular complexity index is 512. The minimum atomic E-state index is 0.643. The van der Waals surface area contributed by atoms with E-state index in [-0.39, 0.29) is 0 Å². The van der Waals surface area contributed by atoms with Gasteiger partial charge >= 0.3 is 0 Å². The van der Waals surface area contributed by atoms with Crippen LogP contribution >= 0.6 is 0 Å². The van der Waals surface area contributed by atoms with Crippen molar-refractivity contribution in [3.8, 4) is 0 Å². The van der Waals surface area contributed by atoms with Gasteiger partial charge in [-0.25, -0.2) is 0 Å². The number of hydrogen-bond donors (Lipinski definition) is 1. The first kappa shape index (κ1) is 12.7. The second-order valence-electron chi connectivity index (χ2n) is 6.13. The van der Waals surface area contributed by atoms with Crippen LogP contribution in [-0.4, -0.2) is 6.04 Å². The monoisotopic (exact) mass is 257 g/mol. The highest BCUT2D eigenvalue weighted by Crippen LogP contribution is 2.29. The maximum Gasteiger partial charge on any atom is 0.134 e. The van der Waals surface area contributed by atoms with Crippen molar-refractivity contribution in [2.45, 2.75) is 45.7 Å². The second kappa shape index (κ2) is 5.38. The van der Waals surface area contributed by atoms with Gasteiger partial charge in [-0.3, -0.25) is 0 Å². The van der Waals surface area contributed by atoms with Crippen molar-refractivity contribution in [2.75, 3.05) is 0 Å². The third-order valence-electron chi connectivity index (χ3n) is 4.45. The second-order valence-corrected chi connectivity index (χ2v) is 6.13. The molecule has 1 aromatic heterocycles. The summed E-state index contributed by atoms with van der Waals surface area (Å²) in [6.45, 7) is 5.58. The van der Waals surface area contributed by atoms with E-state index in [0.717, 1.165) is 29.7 Å². The molecule has 3 unspecified atom stereocenters. The maximum absolute atomic E-state index is 5.85. The predicted octanol–water partition coefficient (Wildman–Crippen LogP) is 4.35. The molecule has 2 aromatic rings. The third kappa shape index (κ3) is 2.84. The van der Waals surface area contributed by atoms with Crippen molar-refractivity contribution in [1.29, 1.82) is 0 Å². The molecule has 1 heterocycles. The SMILES string of the molecule is CC1CCC(NCc2cc3ccccc3o2)C(C)C1. The van der Waals surface area contributed by atoms with Crippen LogP contribution < -0.4 is 5.32 Å². The molecular formula is C17H23NO. The molecule has 1 aromatic carbocycles. The Balaban J connectivity index is 1.62. The lowest BCUT2D eigenvalue weighted by Gasteiger charge is -2.33. The summed E-state index contributed by atoms with van der Waals surface area (Å²) in [5.74, 6) is 2.71. The van der Waals surface area contributed by atoms with Crippen molar-refractivity contribution in [2.24, 2.45) is 11.8 Å². The van der Waals surface area contributed by atoms with Gasteiger partial charge in [0, 0.05) is 11.4 Å². The fraction of sp³-hybridized carbons (Fsp3) is 0.529. The van der Waals surface area contributed by atoms with Gasteiger partial charge < -0.3 is 9.73 Å². The molecule has 1 N–H and O–H groups in total. The van der Waals surface area contributed by atoms with E-state index < -0.39 is 0 Å². The van der Waals surface area contributed by atoms with Gasteiger partial charge in [0.1, 0.15) is 11.3 Å². The molecule has 0 amide bonds. The van der Waals surface area contributed by atoms with Crippen molar-refractivity contribution in [3.05, 3.63) is 36.1 Å². The molecule has 102 valence electrons. The molecule has 0 spiro atoms. The molecule has 1 saturated carbocycles. The number of rotatable bonds is 3. The lowest BCUT2D eigenvalue weighted by atomic mass is 9.80. The van der Waals surface area contributed by atoms with Gasteiger partial charge in [-0.2, -0.15) is 0 Å². The van der Waals surface area contributed by atoms with Gasteiger partial charge in [-0.1, -0.05) is 32.0 Å². The Hall–Kier alpha value is -1.28. The van der Waals surface area contributed by atoms with Crippen LogP contribution in [0.5, 0.6) is 0 Å². The molecule has 0 saturated heterocycles. The molecular weight excluding hydrogens is 234 g/mol. The average molecular weight is 257 g/mol. The topological polar surface area (TPSA) is 25.2 Å². The van der Waals surface area contributed by atoms with E-state index in [1.807, 2.05) is 12.1 Å². The molecule has 2 nitrogen and oxygen atoms in total. The summed E-state index contributed by atoms with van der Waals surface area (Å²) in [7, 11) is 0. The van der Waals surface area contributed by atoms with Crippen LogP contribution in [0.25, 0.3) is 11.0 Å². The summed E-state index contributed by atoms with van der Waals surface area (Å²) in [5, 5.41) is 4.87. The zero-order chi connectivity index (χ0) is 13.2. The first-order chi connectivity index (χ1) is 9.22. The van der Waals surface area contributed by atoms with E-state index in [1.54, 1.807) is 0 Å². The summed E-state index contributed by atoms with van der Waals surface area (Å²) < 4.78 is 5.85. The Morgan fingerprint density at radius 1 is 1.21 bits per heavy atom. The normalized spacial score (nSPS) is 27.8. The van der Waals surface area contributed by atoms with Gasteiger partial charge in [0.15, 0.2) is 0 Å². The molecule has 2 heteroatoms. The van der Waals surface area contributed by atoms with Gasteiger partial charge in [-0.05, 0) is 43.2 Å². The van der Waals surface area contributed by atoms with E-state index in [2.05, 4.69) is 37.4 Å². The Morgan fingerprint density at radius 2 is 2.05 bits per heavy atom. The largest absolute Gasteiger partial charge is 0.460 e. The lowest BCUT2D eigenvalue weighted by Crippen LogP contribution is -2.38. The predicted molar refractivity (Wildman–Crippen MR) is 79.0 cm³/mol. The van der Waals surface area contributed by atoms with E-state index >= 15 is 0 Å². The summed E-state index contributed by atoms with van der Waals surface area (Å²) >= 11 is 0. The van der Waals surface area contributed by atoms with Crippen LogP contribution in [0.3, 0.4) is 0 Å². The van der Waals surface area contributed by atoms with E-state index in [0.29, 0.717) is 6.04 Å². The van der Waals surface area contributed by atoms with Crippen LogP contribution in [-0.2, 0) is 6.54 Å². The number of fused-ring (bicyclic) bond motifs is 1. The maximum atomic E-state index is 5.85. The zero-order valence-electron chi connectivity index (χ0n) is 11.9. The molecule has 1 aliphatic rings. The smallest absolute Gasteiger partial charge is 0.134 e. The van der Waals surface area contributed by atoms with E-state index in [9.17, 15) is 0 Å². The van der Waals surface area contributed by atoms with Crippen molar-refractivity contribution in [3.63, 3.8) is 0 Å². The molecule has 1 fully saturated rings. The quantitative estimate of drug-likeness (QED) is 0.884.